The lowest BCUT2D eigenvalue weighted by Gasteiger charge is -2.26. The normalized spacial score (nSPS) is 36.9. The molecule has 2 aliphatic rings. The maximum absolute atomic E-state index is 6.13. The maximum Gasteiger partial charge on any atom is 0.0692 e. The molecule has 0 radical (unpaired) electrons. The summed E-state index contributed by atoms with van der Waals surface area (Å²) >= 11 is 2.59. The molecule has 94 valence electrons. The number of halogens is 1. The van der Waals surface area contributed by atoms with Crippen molar-refractivity contribution in [2.24, 2.45) is 5.92 Å². The highest BCUT2D eigenvalue weighted by molar-refractivity contribution is 14.1. The SMILES string of the molecule is IC1CCCCCCC1OCC1CCOC1. The zero-order valence-electron chi connectivity index (χ0n) is 10.00. The van der Waals surface area contributed by atoms with Crippen LogP contribution in [0.4, 0.5) is 0 Å². The Balaban J connectivity index is 1.71. The van der Waals surface area contributed by atoms with Crippen molar-refractivity contribution in [1.82, 2.24) is 0 Å². The molecule has 0 aromatic rings. The zero-order valence-corrected chi connectivity index (χ0v) is 12.2. The molecular weight excluding hydrogens is 315 g/mol. The minimum atomic E-state index is 0.501. The Morgan fingerprint density at radius 1 is 1.06 bits per heavy atom. The van der Waals surface area contributed by atoms with Gasteiger partial charge in [-0.2, -0.15) is 0 Å². The van der Waals surface area contributed by atoms with E-state index in [1.54, 1.807) is 0 Å². The Bertz CT molecular complexity index is 192. The van der Waals surface area contributed by atoms with Gasteiger partial charge in [0.05, 0.1) is 19.3 Å². The van der Waals surface area contributed by atoms with Gasteiger partial charge in [0, 0.05) is 16.4 Å². The Kier molecular flexibility index (Phi) is 5.86. The lowest BCUT2D eigenvalue weighted by Crippen LogP contribution is -2.28. The predicted molar refractivity (Wildman–Crippen MR) is 74.2 cm³/mol. The van der Waals surface area contributed by atoms with Crippen LogP contribution in [0.25, 0.3) is 0 Å². The van der Waals surface area contributed by atoms with Crippen LogP contribution in [0, 0.1) is 5.92 Å². The lowest BCUT2D eigenvalue weighted by atomic mass is 9.98. The second kappa shape index (κ2) is 7.17. The average Bonchev–Trinajstić information content (AvgIpc) is 2.76. The Hall–Kier alpha value is 0.650. The summed E-state index contributed by atoms with van der Waals surface area (Å²) in [7, 11) is 0. The first kappa shape index (κ1) is 13.1. The van der Waals surface area contributed by atoms with Crippen molar-refractivity contribution in [3.63, 3.8) is 0 Å². The monoisotopic (exact) mass is 338 g/mol. The molecule has 2 fully saturated rings. The van der Waals surface area contributed by atoms with E-state index in [2.05, 4.69) is 22.6 Å². The number of alkyl halides is 1. The molecule has 0 bridgehead atoms. The molecule has 0 spiro atoms. The predicted octanol–water partition coefficient (Wildman–Crippen LogP) is 3.57. The fraction of sp³-hybridized carbons (Fsp3) is 1.00. The molecule has 2 rings (SSSR count). The van der Waals surface area contributed by atoms with Crippen LogP contribution in [-0.2, 0) is 9.47 Å². The quantitative estimate of drug-likeness (QED) is 0.579. The van der Waals surface area contributed by atoms with Gasteiger partial charge in [0.2, 0.25) is 0 Å². The molecule has 1 saturated carbocycles. The van der Waals surface area contributed by atoms with E-state index in [1.165, 1.54) is 44.9 Å². The van der Waals surface area contributed by atoms with Gasteiger partial charge in [-0.3, -0.25) is 0 Å². The topological polar surface area (TPSA) is 18.5 Å². The Morgan fingerprint density at radius 3 is 2.62 bits per heavy atom. The van der Waals surface area contributed by atoms with E-state index in [0.717, 1.165) is 23.7 Å². The van der Waals surface area contributed by atoms with Crippen molar-refractivity contribution in [2.45, 2.75) is 55.0 Å². The van der Waals surface area contributed by atoms with Crippen LogP contribution in [0.3, 0.4) is 0 Å². The van der Waals surface area contributed by atoms with Crippen molar-refractivity contribution in [3.8, 4) is 0 Å². The van der Waals surface area contributed by atoms with E-state index < -0.39 is 0 Å². The first-order valence-corrected chi connectivity index (χ1v) is 7.94. The third kappa shape index (κ3) is 4.15. The summed E-state index contributed by atoms with van der Waals surface area (Å²) in [4.78, 5) is 0. The van der Waals surface area contributed by atoms with Gasteiger partial charge in [-0.1, -0.05) is 48.3 Å². The van der Waals surface area contributed by atoms with Crippen LogP contribution in [0.5, 0.6) is 0 Å². The number of rotatable bonds is 3. The number of hydrogen-bond acceptors (Lipinski definition) is 2. The van der Waals surface area contributed by atoms with Crippen LogP contribution in [0.15, 0.2) is 0 Å². The summed E-state index contributed by atoms with van der Waals surface area (Å²) in [6, 6.07) is 0. The van der Waals surface area contributed by atoms with Crippen LogP contribution >= 0.6 is 22.6 Å². The van der Waals surface area contributed by atoms with Crippen molar-refractivity contribution in [1.29, 1.82) is 0 Å². The van der Waals surface area contributed by atoms with E-state index in [0.29, 0.717) is 12.0 Å². The zero-order chi connectivity index (χ0) is 11.2. The van der Waals surface area contributed by atoms with Crippen molar-refractivity contribution < 1.29 is 9.47 Å². The molecule has 3 unspecified atom stereocenters. The second-order valence-electron chi connectivity index (χ2n) is 5.11. The molecule has 3 heteroatoms. The summed E-state index contributed by atoms with van der Waals surface area (Å²) in [5, 5.41) is 0. The fourth-order valence-electron chi connectivity index (χ4n) is 2.57. The third-order valence-corrected chi connectivity index (χ3v) is 5.12. The summed E-state index contributed by atoms with van der Waals surface area (Å²) in [5.74, 6) is 0.661. The van der Waals surface area contributed by atoms with E-state index >= 15 is 0 Å². The fourth-order valence-corrected chi connectivity index (χ4v) is 3.57. The van der Waals surface area contributed by atoms with Gasteiger partial charge in [-0.05, 0) is 19.3 Å². The summed E-state index contributed by atoms with van der Waals surface area (Å²) in [6.07, 6.45) is 9.86. The van der Waals surface area contributed by atoms with E-state index in [1.807, 2.05) is 0 Å². The molecule has 1 aliphatic carbocycles. The van der Waals surface area contributed by atoms with E-state index in [9.17, 15) is 0 Å². The van der Waals surface area contributed by atoms with Crippen LogP contribution in [-0.4, -0.2) is 29.8 Å². The molecule has 0 amide bonds. The molecular formula is C13H23IO2. The van der Waals surface area contributed by atoms with Crippen LogP contribution in [0.2, 0.25) is 0 Å². The average molecular weight is 338 g/mol. The standard InChI is InChI=1S/C13H23IO2/c14-12-5-3-1-2-4-6-13(12)16-10-11-7-8-15-9-11/h11-13H,1-10H2. The van der Waals surface area contributed by atoms with E-state index in [-0.39, 0.29) is 0 Å². The maximum atomic E-state index is 6.13. The molecule has 0 N–H and O–H groups in total. The Labute approximate surface area is 113 Å². The van der Waals surface area contributed by atoms with Gasteiger partial charge in [0.15, 0.2) is 0 Å². The van der Waals surface area contributed by atoms with Gasteiger partial charge in [-0.25, -0.2) is 0 Å². The van der Waals surface area contributed by atoms with Crippen LogP contribution in [0.1, 0.15) is 44.9 Å². The highest BCUT2D eigenvalue weighted by Crippen LogP contribution is 2.26. The summed E-state index contributed by atoms with van der Waals surface area (Å²) in [6.45, 7) is 2.77. The smallest absolute Gasteiger partial charge is 0.0692 e. The minimum absolute atomic E-state index is 0.501. The Morgan fingerprint density at radius 2 is 1.88 bits per heavy atom. The van der Waals surface area contributed by atoms with Crippen molar-refractivity contribution in [3.05, 3.63) is 0 Å². The number of hydrogen-bond donors (Lipinski definition) is 0. The highest BCUT2D eigenvalue weighted by atomic mass is 127. The van der Waals surface area contributed by atoms with Gasteiger partial charge in [-0.15, -0.1) is 0 Å². The summed E-state index contributed by atoms with van der Waals surface area (Å²) < 4.78 is 12.2. The van der Waals surface area contributed by atoms with Gasteiger partial charge >= 0.3 is 0 Å². The molecule has 1 heterocycles. The van der Waals surface area contributed by atoms with Gasteiger partial charge in [0.25, 0.3) is 0 Å². The van der Waals surface area contributed by atoms with E-state index in [4.69, 9.17) is 9.47 Å². The van der Waals surface area contributed by atoms with Crippen LogP contribution < -0.4 is 0 Å². The molecule has 0 aromatic heterocycles. The molecule has 2 nitrogen and oxygen atoms in total. The molecule has 3 atom stereocenters. The molecule has 16 heavy (non-hydrogen) atoms. The highest BCUT2D eigenvalue weighted by Gasteiger charge is 2.23. The third-order valence-electron chi connectivity index (χ3n) is 3.69. The molecule has 1 aliphatic heterocycles. The second-order valence-corrected chi connectivity index (χ2v) is 6.71. The number of ether oxygens (including phenoxy) is 2. The molecule has 1 saturated heterocycles. The first-order valence-electron chi connectivity index (χ1n) is 6.69. The molecule has 0 aromatic carbocycles. The van der Waals surface area contributed by atoms with Gasteiger partial charge < -0.3 is 9.47 Å². The van der Waals surface area contributed by atoms with Gasteiger partial charge in [0.1, 0.15) is 0 Å². The lowest BCUT2D eigenvalue weighted by molar-refractivity contribution is 0.0182. The van der Waals surface area contributed by atoms with Crippen molar-refractivity contribution >= 4 is 22.6 Å². The minimum Gasteiger partial charge on any atom is -0.381 e. The summed E-state index contributed by atoms with van der Waals surface area (Å²) in [5.41, 5.74) is 0. The first-order chi connectivity index (χ1) is 7.86. The van der Waals surface area contributed by atoms with Crippen molar-refractivity contribution in [2.75, 3.05) is 19.8 Å². The largest absolute Gasteiger partial charge is 0.381 e.